The van der Waals surface area contributed by atoms with E-state index in [4.69, 9.17) is 4.52 Å². The first-order chi connectivity index (χ1) is 11.9. The Morgan fingerprint density at radius 1 is 1.32 bits per heavy atom. The Balaban J connectivity index is 1.56. The van der Waals surface area contributed by atoms with Crippen molar-refractivity contribution >= 4 is 11.0 Å². The van der Waals surface area contributed by atoms with Gasteiger partial charge in [-0.2, -0.15) is 4.98 Å². The lowest BCUT2D eigenvalue weighted by atomic mass is 9.97. The number of fused-ring (bicyclic) bond motifs is 1. The lowest BCUT2D eigenvalue weighted by molar-refractivity contribution is 0.230. The van der Waals surface area contributed by atoms with E-state index in [1.807, 2.05) is 0 Å². The molecule has 3 aromatic rings. The third-order valence-electron chi connectivity index (χ3n) is 4.60. The Morgan fingerprint density at radius 3 is 2.92 bits per heavy atom. The molecule has 0 aliphatic carbocycles. The summed E-state index contributed by atoms with van der Waals surface area (Å²) < 4.78 is 18.8. The summed E-state index contributed by atoms with van der Waals surface area (Å²) in [6, 6.07) is 4.79. The number of H-pyrrole nitrogens is 1. The van der Waals surface area contributed by atoms with Crippen molar-refractivity contribution in [2.24, 2.45) is 0 Å². The Labute approximate surface area is 145 Å². The minimum absolute atomic E-state index is 0.154. The van der Waals surface area contributed by atoms with Crippen molar-refractivity contribution in [1.82, 2.24) is 25.0 Å². The number of rotatable bonds is 3. The van der Waals surface area contributed by atoms with Crippen LogP contribution in [0.25, 0.3) is 11.0 Å². The molecule has 0 amide bonds. The molecule has 3 heterocycles. The summed E-state index contributed by atoms with van der Waals surface area (Å²) in [6.07, 6.45) is 2.09. The SMILES string of the molecule is CC(C)(C)c1nc(CN2CCCC2c2nc3ccc(F)cc3[nH]2)no1. The van der Waals surface area contributed by atoms with Gasteiger partial charge in [-0.3, -0.25) is 4.90 Å². The van der Waals surface area contributed by atoms with Crippen LogP contribution in [0.3, 0.4) is 0 Å². The smallest absolute Gasteiger partial charge is 0.232 e. The minimum atomic E-state index is -0.257. The minimum Gasteiger partial charge on any atom is -0.341 e. The number of likely N-dealkylation sites (tertiary alicyclic amines) is 1. The number of aromatic amines is 1. The third-order valence-corrected chi connectivity index (χ3v) is 4.60. The average Bonchev–Trinajstić information content (AvgIpc) is 3.24. The van der Waals surface area contributed by atoms with Crippen molar-refractivity contribution in [2.75, 3.05) is 6.54 Å². The van der Waals surface area contributed by atoms with Gasteiger partial charge >= 0.3 is 0 Å². The first kappa shape index (κ1) is 16.2. The lowest BCUT2D eigenvalue weighted by Gasteiger charge is -2.20. The summed E-state index contributed by atoms with van der Waals surface area (Å²) in [6.45, 7) is 7.73. The highest BCUT2D eigenvalue weighted by Crippen LogP contribution is 2.32. The average molecular weight is 343 g/mol. The molecular weight excluding hydrogens is 321 g/mol. The fourth-order valence-corrected chi connectivity index (χ4v) is 3.29. The van der Waals surface area contributed by atoms with Crippen molar-refractivity contribution < 1.29 is 8.91 Å². The van der Waals surface area contributed by atoms with E-state index in [2.05, 4.69) is 45.8 Å². The molecule has 6 nitrogen and oxygen atoms in total. The molecule has 132 valence electrons. The Morgan fingerprint density at radius 2 is 2.16 bits per heavy atom. The van der Waals surface area contributed by atoms with E-state index >= 15 is 0 Å². The van der Waals surface area contributed by atoms with Crippen molar-refractivity contribution in [2.45, 2.75) is 51.6 Å². The first-order valence-corrected chi connectivity index (χ1v) is 8.62. The Kier molecular flexibility index (Phi) is 3.83. The summed E-state index contributed by atoms with van der Waals surface area (Å²) in [5, 5.41) is 4.12. The highest BCUT2D eigenvalue weighted by molar-refractivity contribution is 5.75. The number of imidazole rings is 1. The zero-order chi connectivity index (χ0) is 17.6. The standard InChI is InChI=1S/C18H22FN5O/c1-18(2,3)17-22-15(23-25-17)10-24-8-4-5-14(24)16-20-12-7-6-11(19)9-13(12)21-16/h6-7,9,14H,4-5,8,10H2,1-3H3,(H,20,21). The van der Waals surface area contributed by atoms with E-state index < -0.39 is 0 Å². The van der Waals surface area contributed by atoms with Gasteiger partial charge in [0.25, 0.3) is 0 Å². The molecule has 1 aliphatic heterocycles. The van der Waals surface area contributed by atoms with Crippen LogP contribution in [0.5, 0.6) is 0 Å². The molecule has 1 unspecified atom stereocenters. The summed E-state index contributed by atoms with van der Waals surface area (Å²) in [7, 11) is 0. The highest BCUT2D eigenvalue weighted by atomic mass is 19.1. The molecule has 1 aliphatic rings. The highest BCUT2D eigenvalue weighted by Gasteiger charge is 2.30. The van der Waals surface area contributed by atoms with Crippen LogP contribution >= 0.6 is 0 Å². The zero-order valence-electron chi connectivity index (χ0n) is 14.7. The largest absolute Gasteiger partial charge is 0.341 e. The molecule has 0 spiro atoms. The summed E-state index contributed by atoms with van der Waals surface area (Å²) in [5.41, 5.74) is 1.37. The third kappa shape index (κ3) is 3.16. The van der Waals surface area contributed by atoms with Crippen LogP contribution in [0, 0.1) is 5.82 Å². The van der Waals surface area contributed by atoms with Crippen molar-refractivity contribution in [3.8, 4) is 0 Å². The van der Waals surface area contributed by atoms with E-state index in [1.165, 1.54) is 12.1 Å². The quantitative estimate of drug-likeness (QED) is 0.785. The van der Waals surface area contributed by atoms with Gasteiger partial charge in [-0.25, -0.2) is 9.37 Å². The first-order valence-electron chi connectivity index (χ1n) is 8.62. The van der Waals surface area contributed by atoms with Gasteiger partial charge in [-0.05, 0) is 37.6 Å². The van der Waals surface area contributed by atoms with Crippen LogP contribution in [-0.4, -0.2) is 31.6 Å². The molecule has 4 rings (SSSR count). The fourth-order valence-electron chi connectivity index (χ4n) is 3.29. The molecule has 0 bridgehead atoms. The number of halogens is 1. The van der Waals surface area contributed by atoms with Gasteiger partial charge in [-0.1, -0.05) is 25.9 Å². The summed E-state index contributed by atoms with van der Waals surface area (Å²) in [4.78, 5) is 14.7. The van der Waals surface area contributed by atoms with Gasteiger partial charge in [0.2, 0.25) is 5.89 Å². The fraction of sp³-hybridized carbons (Fsp3) is 0.500. The molecule has 1 aromatic carbocycles. The predicted molar refractivity (Wildman–Crippen MR) is 91.4 cm³/mol. The maximum atomic E-state index is 13.4. The topological polar surface area (TPSA) is 70.8 Å². The summed E-state index contributed by atoms with van der Waals surface area (Å²) >= 11 is 0. The number of hydrogen-bond acceptors (Lipinski definition) is 5. The molecule has 1 fully saturated rings. The van der Waals surface area contributed by atoms with Crippen LogP contribution in [0.15, 0.2) is 22.7 Å². The van der Waals surface area contributed by atoms with E-state index in [-0.39, 0.29) is 17.3 Å². The molecule has 7 heteroatoms. The number of nitrogens with one attached hydrogen (secondary N) is 1. The molecule has 1 atom stereocenters. The van der Waals surface area contributed by atoms with E-state index in [0.29, 0.717) is 18.3 Å². The summed E-state index contributed by atoms with van der Waals surface area (Å²) in [5.74, 6) is 1.96. The molecule has 0 saturated carbocycles. The number of nitrogens with zero attached hydrogens (tertiary/aromatic N) is 4. The van der Waals surface area contributed by atoms with Crippen molar-refractivity contribution in [1.29, 1.82) is 0 Å². The molecule has 2 aromatic heterocycles. The van der Waals surface area contributed by atoms with E-state index in [0.717, 1.165) is 36.2 Å². The normalized spacial score (nSPS) is 19.1. The van der Waals surface area contributed by atoms with Gasteiger partial charge in [0.15, 0.2) is 5.82 Å². The van der Waals surface area contributed by atoms with Gasteiger partial charge in [0, 0.05) is 5.41 Å². The molecule has 25 heavy (non-hydrogen) atoms. The lowest BCUT2D eigenvalue weighted by Crippen LogP contribution is -2.24. The van der Waals surface area contributed by atoms with E-state index in [1.54, 1.807) is 6.07 Å². The predicted octanol–water partition coefficient (Wildman–Crippen LogP) is 3.72. The Hall–Kier alpha value is -2.28. The maximum absolute atomic E-state index is 13.4. The molecule has 0 radical (unpaired) electrons. The number of aromatic nitrogens is 4. The number of benzene rings is 1. The molecular formula is C18H22FN5O. The van der Waals surface area contributed by atoms with Crippen LogP contribution in [0.4, 0.5) is 4.39 Å². The van der Waals surface area contributed by atoms with Crippen LogP contribution in [-0.2, 0) is 12.0 Å². The number of hydrogen-bond donors (Lipinski definition) is 1. The maximum Gasteiger partial charge on any atom is 0.232 e. The Bertz CT molecular complexity index is 894. The van der Waals surface area contributed by atoms with E-state index in [9.17, 15) is 4.39 Å². The monoisotopic (exact) mass is 343 g/mol. The molecule has 1 N–H and O–H groups in total. The van der Waals surface area contributed by atoms with Crippen LogP contribution < -0.4 is 0 Å². The van der Waals surface area contributed by atoms with Crippen molar-refractivity contribution in [3.05, 3.63) is 41.6 Å². The van der Waals surface area contributed by atoms with Gasteiger partial charge in [-0.15, -0.1) is 0 Å². The second-order valence-corrected chi connectivity index (χ2v) is 7.68. The van der Waals surface area contributed by atoms with Gasteiger partial charge in [0.05, 0.1) is 23.6 Å². The second-order valence-electron chi connectivity index (χ2n) is 7.68. The zero-order valence-corrected chi connectivity index (χ0v) is 14.7. The van der Waals surface area contributed by atoms with Gasteiger partial charge < -0.3 is 9.51 Å². The van der Waals surface area contributed by atoms with Crippen LogP contribution in [0.2, 0.25) is 0 Å². The second kappa shape index (κ2) is 5.91. The van der Waals surface area contributed by atoms with Crippen LogP contribution in [0.1, 0.15) is 57.2 Å². The molecule has 1 saturated heterocycles. The van der Waals surface area contributed by atoms with Gasteiger partial charge in [0.1, 0.15) is 11.6 Å². The van der Waals surface area contributed by atoms with Crippen molar-refractivity contribution in [3.63, 3.8) is 0 Å².